The van der Waals surface area contributed by atoms with Gasteiger partial charge in [0.2, 0.25) is 0 Å². The third kappa shape index (κ3) is 3.35. The molecule has 3 heteroatoms. The van der Waals surface area contributed by atoms with Crippen LogP contribution in [-0.4, -0.2) is 6.04 Å². The van der Waals surface area contributed by atoms with E-state index in [9.17, 15) is 0 Å². The van der Waals surface area contributed by atoms with Crippen LogP contribution < -0.4 is 5.73 Å². The minimum atomic E-state index is -0.132. The molecule has 1 unspecified atom stereocenters. The van der Waals surface area contributed by atoms with E-state index in [4.69, 9.17) is 28.9 Å². The monoisotopic (exact) mass is 307 g/mol. The van der Waals surface area contributed by atoms with Crippen molar-refractivity contribution in [2.75, 3.05) is 0 Å². The van der Waals surface area contributed by atoms with Gasteiger partial charge in [-0.1, -0.05) is 67.4 Å². The highest BCUT2D eigenvalue weighted by molar-refractivity contribution is 6.33. The van der Waals surface area contributed by atoms with Gasteiger partial charge in [0.25, 0.3) is 0 Å². The summed E-state index contributed by atoms with van der Waals surface area (Å²) in [6.45, 7) is 4.32. The van der Waals surface area contributed by atoms with Gasteiger partial charge in [0.1, 0.15) is 0 Å². The quantitative estimate of drug-likeness (QED) is 0.859. The zero-order valence-electron chi connectivity index (χ0n) is 11.7. The molecule has 2 N–H and O–H groups in total. The fraction of sp³-hybridized carbons (Fsp3) is 0.294. The minimum absolute atomic E-state index is 0.0409. The molecule has 0 saturated heterocycles. The largest absolute Gasteiger partial charge is 0.327 e. The van der Waals surface area contributed by atoms with Crippen molar-refractivity contribution in [3.05, 3.63) is 69.7 Å². The predicted octanol–water partition coefficient (Wildman–Crippen LogP) is 4.84. The van der Waals surface area contributed by atoms with Gasteiger partial charge < -0.3 is 5.73 Å². The van der Waals surface area contributed by atoms with E-state index in [0.29, 0.717) is 16.5 Å². The van der Waals surface area contributed by atoms with Crippen LogP contribution in [0.15, 0.2) is 48.5 Å². The van der Waals surface area contributed by atoms with Crippen molar-refractivity contribution in [1.29, 1.82) is 0 Å². The first-order valence-corrected chi connectivity index (χ1v) is 7.42. The Labute approximate surface area is 130 Å². The summed E-state index contributed by atoms with van der Waals surface area (Å²) in [6.07, 6.45) is 0.696. The maximum absolute atomic E-state index is 6.43. The number of hydrogen-bond acceptors (Lipinski definition) is 1. The maximum Gasteiger partial charge on any atom is 0.0439 e. The molecule has 2 aromatic rings. The second-order valence-electron chi connectivity index (χ2n) is 5.63. The van der Waals surface area contributed by atoms with E-state index in [-0.39, 0.29) is 11.5 Å². The van der Waals surface area contributed by atoms with E-state index in [1.54, 1.807) is 6.07 Å². The molecule has 2 rings (SSSR count). The summed E-state index contributed by atoms with van der Waals surface area (Å²) in [6, 6.07) is 15.8. The van der Waals surface area contributed by atoms with Crippen molar-refractivity contribution >= 4 is 23.2 Å². The summed E-state index contributed by atoms with van der Waals surface area (Å²) in [4.78, 5) is 0. The summed E-state index contributed by atoms with van der Waals surface area (Å²) in [7, 11) is 0. The molecular weight excluding hydrogens is 289 g/mol. The normalized spacial score (nSPS) is 13.2. The zero-order chi connectivity index (χ0) is 14.8. The highest BCUT2D eigenvalue weighted by Crippen LogP contribution is 2.30. The predicted molar refractivity (Wildman–Crippen MR) is 87.6 cm³/mol. The van der Waals surface area contributed by atoms with Gasteiger partial charge in [0, 0.05) is 21.5 Å². The van der Waals surface area contributed by atoms with E-state index in [1.807, 2.05) is 30.3 Å². The van der Waals surface area contributed by atoms with Crippen LogP contribution in [0.3, 0.4) is 0 Å². The van der Waals surface area contributed by atoms with Crippen molar-refractivity contribution in [3.8, 4) is 0 Å². The average Bonchev–Trinajstić information content (AvgIpc) is 2.43. The van der Waals surface area contributed by atoms with E-state index >= 15 is 0 Å². The van der Waals surface area contributed by atoms with Gasteiger partial charge in [0.15, 0.2) is 0 Å². The Hall–Kier alpha value is -1.02. The maximum atomic E-state index is 6.43. The summed E-state index contributed by atoms with van der Waals surface area (Å²) in [5.74, 6) is 0. The third-order valence-corrected chi connectivity index (χ3v) is 4.50. The van der Waals surface area contributed by atoms with E-state index in [1.165, 1.54) is 5.56 Å². The molecule has 0 amide bonds. The molecule has 0 heterocycles. The van der Waals surface area contributed by atoms with Crippen LogP contribution in [0.5, 0.6) is 0 Å². The molecular formula is C17H19Cl2N. The fourth-order valence-electron chi connectivity index (χ4n) is 2.27. The summed E-state index contributed by atoms with van der Waals surface area (Å²) in [5, 5.41) is 1.41. The first-order valence-electron chi connectivity index (χ1n) is 6.66. The van der Waals surface area contributed by atoms with Crippen LogP contribution in [0.2, 0.25) is 10.0 Å². The summed E-state index contributed by atoms with van der Waals surface area (Å²) >= 11 is 12.3. The number of rotatable bonds is 4. The number of nitrogens with two attached hydrogens (primary N) is 1. The Morgan fingerprint density at radius 2 is 1.70 bits per heavy atom. The molecule has 106 valence electrons. The first kappa shape index (κ1) is 15.4. The second-order valence-corrected chi connectivity index (χ2v) is 6.48. The zero-order valence-corrected chi connectivity index (χ0v) is 13.2. The molecule has 20 heavy (non-hydrogen) atoms. The lowest BCUT2D eigenvalue weighted by atomic mass is 9.76. The van der Waals surface area contributed by atoms with Crippen molar-refractivity contribution in [3.63, 3.8) is 0 Å². The van der Waals surface area contributed by atoms with Crippen molar-refractivity contribution < 1.29 is 0 Å². The summed E-state index contributed by atoms with van der Waals surface area (Å²) in [5.41, 5.74) is 8.52. The standard InChI is InChI=1S/C17H19Cl2N/c1-17(2,13-6-4-3-5-7-13)16(20)11-12-10-14(18)8-9-15(12)19/h3-10,16H,11,20H2,1-2H3. The highest BCUT2D eigenvalue weighted by Gasteiger charge is 2.28. The van der Waals surface area contributed by atoms with Gasteiger partial charge in [-0.3, -0.25) is 0 Å². The van der Waals surface area contributed by atoms with Crippen LogP contribution in [0.4, 0.5) is 0 Å². The van der Waals surface area contributed by atoms with Gasteiger partial charge in [-0.15, -0.1) is 0 Å². The Bertz CT molecular complexity index is 579. The van der Waals surface area contributed by atoms with Crippen LogP contribution in [0.1, 0.15) is 25.0 Å². The van der Waals surface area contributed by atoms with Crippen molar-refractivity contribution in [2.45, 2.75) is 31.7 Å². The van der Waals surface area contributed by atoms with E-state index in [0.717, 1.165) is 5.56 Å². The Balaban J connectivity index is 2.23. The topological polar surface area (TPSA) is 26.0 Å². The van der Waals surface area contributed by atoms with Crippen molar-refractivity contribution in [2.24, 2.45) is 5.73 Å². The smallest absolute Gasteiger partial charge is 0.0439 e. The molecule has 2 aromatic carbocycles. The molecule has 0 aliphatic rings. The van der Waals surface area contributed by atoms with Gasteiger partial charge >= 0.3 is 0 Å². The molecule has 0 saturated carbocycles. The Morgan fingerprint density at radius 1 is 1.05 bits per heavy atom. The average molecular weight is 308 g/mol. The molecule has 0 aliphatic heterocycles. The van der Waals surface area contributed by atoms with E-state index < -0.39 is 0 Å². The summed E-state index contributed by atoms with van der Waals surface area (Å²) < 4.78 is 0. The molecule has 0 aromatic heterocycles. The second kappa shape index (κ2) is 6.17. The van der Waals surface area contributed by atoms with Crippen LogP contribution in [0, 0.1) is 0 Å². The van der Waals surface area contributed by atoms with Gasteiger partial charge in [-0.25, -0.2) is 0 Å². The SMILES string of the molecule is CC(C)(c1ccccc1)C(N)Cc1cc(Cl)ccc1Cl. The molecule has 1 atom stereocenters. The molecule has 0 spiro atoms. The van der Waals surface area contributed by atoms with Crippen LogP contribution >= 0.6 is 23.2 Å². The minimum Gasteiger partial charge on any atom is -0.327 e. The van der Waals surface area contributed by atoms with Crippen LogP contribution in [-0.2, 0) is 11.8 Å². The third-order valence-electron chi connectivity index (χ3n) is 3.89. The van der Waals surface area contributed by atoms with Crippen LogP contribution in [0.25, 0.3) is 0 Å². The molecule has 0 bridgehead atoms. The van der Waals surface area contributed by atoms with E-state index in [2.05, 4.69) is 26.0 Å². The Morgan fingerprint density at radius 3 is 2.35 bits per heavy atom. The Kier molecular flexibility index (Phi) is 4.74. The lowest BCUT2D eigenvalue weighted by Crippen LogP contribution is -2.42. The fourth-order valence-corrected chi connectivity index (χ4v) is 2.66. The molecule has 0 aliphatic carbocycles. The number of hydrogen-bond donors (Lipinski definition) is 1. The first-order chi connectivity index (χ1) is 9.41. The van der Waals surface area contributed by atoms with Gasteiger partial charge in [0.05, 0.1) is 0 Å². The number of benzene rings is 2. The highest BCUT2D eigenvalue weighted by atomic mass is 35.5. The lowest BCUT2D eigenvalue weighted by Gasteiger charge is -2.32. The molecule has 0 radical (unpaired) electrons. The number of halogens is 2. The van der Waals surface area contributed by atoms with Gasteiger partial charge in [-0.2, -0.15) is 0 Å². The molecule has 1 nitrogen and oxygen atoms in total. The molecule has 0 fully saturated rings. The van der Waals surface area contributed by atoms with Crippen molar-refractivity contribution in [1.82, 2.24) is 0 Å². The lowest BCUT2D eigenvalue weighted by molar-refractivity contribution is 0.406. The van der Waals surface area contributed by atoms with Gasteiger partial charge in [-0.05, 0) is 35.7 Å².